The van der Waals surface area contributed by atoms with E-state index in [4.69, 9.17) is 6.42 Å². The molecule has 0 saturated heterocycles. The lowest BCUT2D eigenvalue weighted by Gasteiger charge is -2.05. The summed E-state index contributed by atoms with van der Waals surface area (Å²) in [5.41, 5.74) is 0. The summed E-state index contributed by atoms with van der Waals surface area (Å²) in [7, 11) is 0. The molecule has 1 rings (SSSR count). The van der Waals surface area contributed by atoms with E-state index in [-0.39, 0.29) is 6.04 Å². The van der Waals surface area contributed by atoms with Gasteiger partial charge in [0.1, 0.15) is 0 Å². The van der Waals surface area contributed by atoms with Crippen molar-refractivity contribution in [3.8, 4) is 12.3 Å². The molecule has 64 valence electrons. The molecule has 0 radical (unpaired) electrons. The summed E-state index contributed by atoms with van der Waals surface area (Å²) in [4.78, 5) is 1.29. The number of halogens is 1. The Morgan fingerprint density at radius 1 is 1.83 bits per heavy atom. The van der Waals surface area contributed by atoms with Gasteiger partial charge in [-0.15, -0.1) is 17.8 Å². The fourth-order valence-electron chi connectivity index (χ4n) is 0.756. The zero-order valence-electron chi connectivity index (χ0n) is 6.80. The van der Waals surface area contributed by atoms with Crippen LogP contribution in [0.3, 0.4) is 0 Å². The molecule has 0 aliphatic carbocycles. The number of thiophene rings is 1. The highest BCUT2D eigenvalue weighted by atomic mass is 79.9. The maximum absolute atomic E-state index is 5.23. The van der Waals surface area contributed by atoms with Crippen molar-refractivity contribution in [3.05, 3.63) is 20.8 Å². The smallest absolute Gasteiger partial charge is 0.0661 e. The van der Waals surface area contributed by atoms with Gasteiger partial charge in [0.15, 0.2) is 0 Å². The molecule has 0 bridgehead atoms. The first-order chi connectivity index (χ1) is 5.74. The van der Waals surface area contributed by atoms with Crippen LogP contribution in [0.5, 0.6) is 0 Å². The second-order valence-corrected chi connectivity index (χ2v) is 4.32. The molecule has 0 spiro atoms. The predicted molar refractivity (Wildman–Crippen MR) is 57.2 cm³/mol. The van der Waals surface area contributed by atoms with Crippen LogP contribution >= 0.6 is 27.3 Å². The van der Waals surface area contributed by atoms with E-state index in [1.807, 2.05) is 13.0 Å². The highest BCUT2D eigenvalue weighted by Gasteiger charge is 2.01. The van der Waals surface area contributed by atoms with Crippen LogP contribution in [0.2, 0.25) is 0 Å². The van der Waals surface area contributed by atoms with Crippen molar-refractivity contribution in [3.63, 3.8) is 0 Å². The molecule has 0 saturated carbocycles. The topological polar surface area (TPSA) is 12.0 Å². The Hall–Kier alpha value is -0.300. The molecule has 0 fully saturated rings. The van der Waals surface area contributed by atoms with Gasteiger partial charge >= 0.3 is 0 Å². The van der Waals surface area contributed by atoms with Crippen LogP contribution in [0.1, 0.15) is 11.8 Å². The maximum atomic E-state index is 5.23. The van der Waals surface area contributed by atoms with Crippen molar-refractivity contribution in [2.45, 2.75) is 19.5 Å². The summed E-state index contributed by atoms with van der Waals surface area (Å²) in [6.07, 6.45) is 5.23. The molecule has 1 aromatic heterocycles. The Labute approximate surface area is 85.3 Å². The minimum atomic E-state index is 0.138. The Bertz CT molecular complexity index is 287. The average molecular weight is 244 g/mol. The van der Waals surface area contributed by atoms with E-state index in [2.05, 4.69) is 32.5 Å². The summed E-state index contributed by atoms with van der Waals surface area (Å²) >= 11 is 5.18. The quantitative estimate of drug-likeness (QED) is 0.806. The van der Waals surface area contributed by atoms with Crippen LogP contribution in [0.4, 0.5) is 0 Å². The highest BCUT2D eigenvalue weighted by molar-refractivity contribution is 9.10. The third kappa shape index (κ3) is 2.63. The molecule has 1 aromatic rings. The lowest BCUT2D eigenvalue weighted by atomic mass is 10.3. The third-order valence-corrected chi connectivity index (χ3v) is 3.44. The molecule has 1 unspecified atom stereocenters. The number of rotatable bonds is 3. The average Bonchev–Trinajstić information content (AvgIpc) is 2.47. The van der Waals surface area contributed by atoms with Gasteiger partial charge in [-0.25, -0.2) is 0 Å². The molecule has 1 atom stereocenters. The van der Waals surface area contributed by atoms with Crippen LogP contribution in [0, 0.1) is 12.3 Å². The molecule has 0 aliphatic rings. The summed E-state index contributed by atoms with van der Waals surface area (Å²) in [6.45, 7) is 2.81. The third-order valence-electron chi connectivity index (χ3n) is 1.51. The van der Waals surface area contributed by atoms with Crippen LogP contribution in [-0.4, -0.2) is 6.04 Å². The second kappa shape index (κ2) is 4.66. The molecule has 0 aromatic carbocycles. The van der Waals surface area contributed by atoms with E-state index in [1.54, 1.807) is 11.3 Å². The van der Waals surface area contributed by atoms with E-state index in [0.717, 1.165) is 11.0 Å². The van der Waals surface area contributed by atoms with E-state index in [1.165, 1.54) is 4.88 Å². The maximum Gasteiger partial charge on any atom is 0.0661 e. The SMILES string of the molecule is C#CC(C)NCc1sccc1Br. The summed E-state index contributed by atoms with van der Waals surface area (Å²) in [5.74, 6) is 2.63. The predicted octanol–water partition coefficient (Wildman–Crippen LogP) is 2.62. The van der Waals surface area contributed by atoms with E-state index < -0.39 is 0 Å². The molecule has 1 N–H and O–H groups in total. The normalized spacial score (nSPS) is 12.4. The van der Waals surface area contributed by atoms with Crippen molar-refractivity contribution < 1.29 is 0 Å². The molecular weight excluding hydrogens is 234 g/mol. The van der Waals surface area contributed by atoms with Crippen LogP contribution < -0.4 is 5.32 Å². The lowest BCUT2D eigenvalue weighted by molar-refractivity contribution is 0.653. The summed E-state index contributed by atoms with van der Waals surface area (Å²) in [5, 5.41) is 5.28. The minimum absolute atomic E-state index is 0.138. The van der Waals surface area contributed by atoms with E-state index in [0.29, 0.717) is 0 Å². The number of nitrogens with one attached hydrogen (secondary N) is 1. The Morgan fingerprint density at radius 3 is 3.08 bits per heavy atom. The first kappa shape index (κ1) is 9.79. The fraction of sp³-hybridized carbons (Fsp3) is 0.333. The van der Waals surface area contributed by atoms with Crippen molar-refractivity contribution in [2.24, 2.45) is 0 Å². The van der Waals surface area contributed by atoms with Gasteiger partial charge in [-0.3, -0.25) is 5.32 Å². The number of hydrogen-bond donors (Lipinski definition) is 1. The van der Waals surface area contributed by atoms with E-state index in [9.17, 15) is 0 Å². The van der Waals surface area contributed by atoms with Crippen molar-refractivity contribution in [2.75, 3.05) is 0 Å². The number of hydrogen-bond acceptors (Lipinski definition) is 2. The fourth-order valence-corrected chi connectivity index (χ4v) is 2.20. The van der Waals surface area contributed by atoms with Crippen molar-refractivity contribution in [1.29, 1.82) is 0 Å². The van der Waals surface area contributed by atoms with Crippen LogP contribution in [0.15, 0.2) is 15.9 Å². The molecule has 0 amide bonds. The van der Waals surface area contributed by atoms with Gasteiger partial charge in [0.05, 0.1) is 6.04 Å². The van der Waals surface area contributed by atoms with E-state index >= 15 is 0 Å². The Morgan fingerprint density at radius 2 is 2.58 bits per heavy atom. The molecule has 1 heterocycles. The molecule has 1 nitrogen and oxygen atoms in total. The lowest BCUT2D eigenvalue weighted by Crippen LogP contribution is -2.23. The first-order valence-electron chi connectivity index (χ1n) is 3.65. The molecule has 12 heavy (non-hydrogen) atoms. The van der Waals surface area contributed by atoms with Crippen molar-refractivity contribution in [1.82, 2.24) is 5.32 Å². The van der Waals surface area contributed by atoms with Gasteiger partial charge < -0.3 is 0 Å². The van der Waals surface area contributed by atoms with Crippen molar-refractivity contribution >= 4 is 27.3 Å². The second-order valence-electron chi connectivity index (χ2n) is 2.46. The molecule has 3 heteroatoms. The minimum Gasteiger partial charge on any atom is -0.299 e. The summed E-state index contributed by atoms with van der Waals surface area (Å²) in [6, 6.07) is 2.18. The van der Waals surface area contributed by atoms with Crippen LogP contribution in [-0.2, 0) is 6.54 Å². The zero-order chi connectivity index (χ0) is 8.97. The summed E-state index contributed by atoms with van der Waals surface area (Å²) < 4.78 is 1.16. The monoisotopic (exact) mass is 243 g/mol. The highest BCUT2D eigenvalue weighted by Crippen LogP contribution is 2.22. The largest absolute Gasteiger partial charge is 0.299 e. The van der Waals surface area contributed by atoms with Gasteiger partial charge in [-0.05, 0) is 34.3 Å². The molecule has 0 aliphatic heterocycles. The number of terminal acetylenes is 1. The van der Waals surface area contributed by atoms with Gasteiger partial charge in [-0.1, -0.05) is 5.92 Å². The van der Waals surface area contributed by atoms with Gasteiger partial charge in [0, 0.05) is 15.9 Å². The Kier molecular flexibility index (Phi) is 3.80. The molecular formula is C9H10BrNS. The Balaban J connectivity index is 2.44. The van der Waals surface area contributed by atoms with Gasteiger partial charge in [0.25, 0.3) is 0 Å². The van der Waals surface area contributed by atoms with Gasteiger partial charge in [-0.2, -0.15) is 0 Å². The standard InChI is InChI=1S/C9H10BrNS/c1-3-7(2)11-6-9-8(10)4-5-12-9/h1,4-5,7,11H,6H2,2H3. The van der Waals surface area contributed by atoms with Crippen LogP contribution in [0.25, 0.3) is 0 Å². The van der Waals surface area contributed by atoms with Gasteiger partial charge in [0.2, 0.25) is 0 Å². The zero-order valence-corrected chi connectivity index (χ0v) is 9.21. The first-order valence-corrected chi connectivity index (χ1v) is 5.32.